The van der Waals surface area contributed by atoms with Gasteiger partial charge < -0.3 is 16.5 Å². The summed E-state index contributed by atoms with van der Waals surface area (Å²) >= 11 is 0. The van der Waals surface area contributed by atoms with Crippen LogP contribution in [0.15, 0.2) is 11.4 Å². The number of hydrogen-bond donors (Lipinski definition) is 3. The molecule has 1 heterocycles. The molecule has 1 aliphatic rings. The van der Waals surface area contributed by atoms with Crippen LogP contribution in [0, 0.1) is 5.92 Å². The van der Waals surface area contributed by atoms with Crippen molar-refractivity contribution in [2.45, 2.75) is 19.0 Å². The molecule has 1 aliphatic heterocycles. The number of carbonyl (C=O) groups is 1. The smallest absolute Gasteiger partial charge is 0.392 e. The number of hydrogen-bond acceptors (Lipinski definition) is 4. The van der Waals surface area contributed by atoms with E-state index in [9.17, 15) is 18.0 Å². The van der Waals surface area contributed by atoms with Gasteiger partial charge in [-0.25, -0.2) is 5.84 Å². The zero-order chi connectivity index (χ0) is 12.5. The molecule has 6 N–H and O–H groups in total. The van der Waals surface area contributed by atoms with Gasteiger partial charge in [0.05, 0.1) is 11.6 Å². The van der Waals surface area contributed by atoms with E-state index in [1.807, 2.05) is 0 Å². The molecule has 0 aromatic heterocycles. The van der Waals surface area contributed by atoms with Crippen LogP contribution in [-0.2, 0) is 4.79 Å². The summed E-state index contributed by atoms with van der Waals surface area (Å²) in [5.41, 5.74) is 9.75. The number of primary amides is 1. The Morgan fingerprint density at radius 1 is 1.38 bits per heavy atom. The molecule has 0 spiro atoms. The van der Waals surface area contributed by atoms with Crippen molar-refractivity contribution < 1.29 is 18.0 Å². The number of halogens is 3. The number of amides is 1. The van der Waals surface area contributed by atoms with E-state index in [0.29, 0.717) is 0 Å². The van der Waals surface area contributed by atoms with Crippen molar-refractivity contribution in [3.8, 4) is 0 Å². The molecule has 1 rings (SSSR count). The van der Waals surface area contributed by atoms with Crippen LogP contribution in [0.5, 0.6) is 0 Å². The standard InChI is InChI=1S/C8H13F3N4O/c9-8(10,11)4-1-2-15(14)5(3-4)6(12)7(13)16/h4H,1-3,12,14H2,(H2,13,16)/b6-5-. The third kappa shape index (κ3) is 2.57. The maximum absolute atomic E-state index is 12.5. The number of nitrogens with two attached hydrogens (primary N) is 3. The summed E-state index contributed by atoms with van der Waals surface area (Å²) < 4.78 is 37.4. The molecule has 1 fully saturated rings. The maximum Gasteiger partial charge on any atom is 0.392 e. The number of nitrogens with zero attached hydrogens (tertiary/aromatic N) is 1. The van der Waals surface area contributed by atoms with E-state index >= 15 is 0 Å². The van der Waals surface area contributed by atoms with Gasteiger partial charge in [-0.15, -0.1) is 0 Å². The molecule has 5 nitrogen and oxygen atoms in total. The van der Waals surface area contributed by atoms with E-state index in [1.165, 1.54) is 0 Å². The van der Waals surface area contributed by atoms with Crippen molar-refractivity contribution in [1.82, 2.24) is 5.01 Å². The van der Waals surface area contributed by atoms with Gasteiger partial charge in [0.2, 0.25) is 0 Å². The summed E-state index contributed by atoms with van der Waals surface area (Å²) in [6.45, 7) is -0.00646. The minimum absolute atomic E-state index is 0.00646. The molecular formula is C8H13F3N4O. The van der Waals surface area contributed by atoms with E-state index in [-0.39, 0.29) is 18.7 Å². The molecular weight excluding hydrogens is 225 g/mol. The summed E-state index contributed by atoms with van der Waals surface area (Å²) in [7, 11) is 0. The molecule has 0 aromatic carbocycles. The van der Waals surface area contributed by atoms with Gasteiger partial charge in [-0.1, -0.05) is 0 Å². The van der Waals surface area contributed by atoms with Gasteiger partial charge in [-0.3, -0.25) is 4.79 Å². The summed E-state index contributed by atoms with van der Waals surface area (Å²) in [4.78, 5) is 10.8. The van der Waals surface area contributed by atoms with Crippen LogP contribution in [0.4, 0.5) is 13.2 Å². The lowest BCUT2D eigenvalue weighted by molar-refractivity contribution is -0.181. The van der Waals surface area contributed by atoms with Crippen molar-refractivity contribution in [3.05, 3.63) is 11.4 Å². The van der Waals surface area contributed by atoms with Gasteiger partial charge in [0.1, 0.15) is 5.70 Å². The average Bonchev–Trinajstić information content (AvgIpc) is 2.15. The molecule has 0 bridgehead atoms. The zero-order valence-electron chi connectivity index (χ0n) is 8.42. The van der Waals surface area contributed by atoms with Gasteiger partial charge in [0.15, 0.2) is 0 Å². The van der Waals surface area contributed by atoms with Crippen LogP contribution in [-0.4, -0.2) is 23.6 Å². The van der Waals surface area contributed by atoms with E-state index in [2.05, 4.69) is 0 Å². The Morgan fingerprint density at radius 2 is 1.94 bits per heavy atom. The third-order valence-electron chi connectivity index (χ3n) is 2.54. The molecule has 1 saturated heterocycles. The SMILES string of the molecule is NC(=O)/C(N)=C1\CC(C(F)(F)F)CCN1N. The van der Waals surface area contributed by atoms with E-state index in [0.717, 1.165) is 5.01 Å². The number of carbonyl (C=O) groups excluding carboxylic acids is 1. The first-order valence-corrected chi connectivity index (χ1v) is 4.61. The highest BCUT2D eigenvalue weighted by molar-refractivity contribution is 5.91. The van der Waals surface area contributed by atoms with Crippen LogP contribution in [0.25, 0.3) is 0 Å². The molecule has 1 unspecified atom stereocenters. The van der Waals surface area contributed by atoms with Gasteiger partial charge in [0.25, 0.3) is 5.91 Å². The van der Waals surface area contributed by atoms with Gasteiger partial charge >= 0.3 is 6.18 Å². The second-order valence-electron chi connectivity index (χ2n) is 3.65. The van der Waals surface area contributed by atoms with E-state index in [1.54, 1.807) is 0 Å². The molecule has 8 heteroatoms. The highest BCUT2D eigenvalue weighted by Crippen LogP contribution is 2.37. The Kier molecular flexibility index (Phi) is 3.32. The van der Waals surface area contributed by atoms with Crippen molar-refractivity contribution in [2.24, 2.45) is 23.2 Å². The largest absolute Gasteiger partial charge is 0.393 e. The Morgan fingerprint density at radius 3 is 2.38 bits per heavy atom. The lowest BCUT2D eigenvalue weighted by atomic mass is 9.93. The maximum atomic E-state index is 12.5. The summed E-state index contributed by atoms with van der Waals surface area (Å²) in [6.07, 6.45) is -4.84. The Balaban J connectivity index is 2.93. The van der Waals surface area contributed by atoms with Crippen molar-refractivity contribution in [1.29, 1.82) is 0 Å². The number of rotatable bonds is 1. The highest BCUT2D eigenvalue weighted by atomic mass is 19.4. The summed E-state index contributed by atoms with van der Waals surface area (Å²) in [6, 6.07) is 0. The highest BCUT2D eigenvalue weighted by Gasteiger charge is 2.43. The predicted octanol–water partition coefficient (Wildman–Crippen LogP) is -0.210. The fourth-order valence-corrected chi connectivity index (χ4v) is 1.57. The van der Waals surface area contributed by atoms with Crippen molar-refractivity contribution in [3.63, 3.8) is 0 Å². The second kappa shape index (κ2) is 4.20. The molecule has 0 aromatic rings. The predicted molar refractivity (Wildman–Crippen MR) is 50.1 cm³/mol. The van der Waals surface area contributed by atoms with Gasteiger partial charge in [-0.2, -0.15) is 13.2 Å². The number of allylic oxidation sites excluding steroid dienone is 1. The van der Waals surface area contributed by atoms with Crippen LogP contribution in [0.2, 0.25) is 0 Å². The van der Waals surface area contributed by atoms with Crippen LogP contribution < -0.4 is 17.3 Å². The summed E-state index contributed by atoms with van der Waals surface area (Å²) in [5, 5.41) is 1.04. The average molecular weight is 238 g/mol. The molecule has 1 amide bonds. The molecule has 1 atom stereocenters. The fourth-order valence-electron chi connectivity index (χ4n) is 1.57. The monoisotopic (exact) mass is 238 g/mol. The number of hydrazine groups is 1. The quantitative estimate of drug-likeness (QED) is 0.435. The van der Waals surface area contributed by atoms with Crippen molar-refractivity contribution >= 4 is 5.91 Å². The lowest BCUT2D eigenvalue weighted by Gasteiger charge is -2.34. The zero-order valence-corrected chi connectivity index (χ0v) is 8.42. The van der Waals surface area contributed by atoms with Crippen LogP contribution in [0.3, 0.4) is 0 Å². The normalized spacial score (nSPS) is 25.5. The third-order valence-corrected chi connectivity index (χ3v) is 2.54. The first-order valence-electron chi connectivity index (χ1n) is 4.61. The topological polar surface area (TPSA) is 98.4 Å². The molecule has 16 heavy (non-hydrogen) atoms. The van der Waals surface area contributed by atoms with Gasteiger partial charge in [0, 0.05) is 13.0 Å². The van der Waals surface area contributed by atoms with E-state index < -0.39 is 30.1 Å². The Hall–Kier alpha value is -1.44. The van der Waals surface area contributed by atoms with E-state index in [4.69, 9.17) is 17.3 Å². The van der Waals surface area contributed by atoms with Gasteiger partial charge in [-0.05, 0) is 6.42 Å². The first-order chi connectivity index (χ1) is 7.23. The number of piperidine rings is 1. The van der Waals surface area contributed by atoms with Crippen LogP contribution in [0.1, 0.15) is 12.8 Å². The molecule has 0 aliphatic carbocycles. The van der Waals surface area contributed by atoms with Crippen LogP contribution >= 0.6 is 0 Å². The number of alkyl halides is 3. The summed E-state index contributed by atoms with van der Waals surface area (Å²) in [5.74, 6) is 2.95. The Labute approximate surface area is 90.0 Å². The minimum atomic E-state index is -4.32. The fraction of sp³-hybridized carbons (Fsp3) is 0.625. The molecule has 0 radical (unpaired) electrons. The lowest BCUT2D eigenvalue weighted by Crippen LogP contribution is -2.43. The first kappa shape index (κ1) is 12.6. The molecule has 0 saturated carbocycles. The Bertz CT molecular complexity index is 326. The second-order valence-corrected chi connectivity index (χ2v) is 3.65. The van der Waals surface area contributed by atoms with Crippen molar-refractivity contribution in [2.75, 3.05) is 6.54 Å². The molecule has 92 valence electrons. The minimum Gasteiger partial charge on any atom is -0.393 e.